The number of aromatic nitrogens is 4. The van der Waals surface area contributed by atoms with Crippen molar-refractivity contribution in [1.82, 2.24) is 23.9 Å². The Hall–Kier alpha value is -2.82. The Kier molecular flexibility index (Phi) is 7.08. The zero-order valence-electron chi connectivity index (χ0n) is 21.2. The molecule has 1 aliphatic rings. The van der Waals surface area contributed by atoms with Crippen molar-refractivity contribution in [3.05, 3.63) is 82.3 Å². The van der Waals surface area contributed by atoms with Crippen molar-refractivity contribution in [2.45, 2.75) is 56.4 Å². The Bertz CT molecular complexity index is 1490. The van der Waals surface area contributed by atoms with E-state index in [2.05, 4.69) is 52.1 Å². The molecule has 0 unspecified atom stereocenters. The zero-order valence-corrected chi connectivity index (χ0v) is 23.6. The molecule has 0 saturated carbocycles. The summed E-state index contributed by atoms with van der Waals surface area (Å²) in [4.78, 5) is 9.42. The molecule has 0 bridgehead atoms. The van der Waals surface area contributed by atoms with Crippen LogP contribution < -0.4 is 5.32 Å². The van der Waals surface area contributed by atoms with Gasteiger partial charge in [-0.15, -0.1) is 0 Å². The number of hydrogen-bond acceptors (Lipinski definition) is 6. The molecule has 1 aliphatic heterocycles. The highest BCUT2D eigenvalue weighted by Crippen LogP contribution is 2.33. The van der Waals surface area contributed by atoms with Crippen LogP contribution in [0.3, 0.4) is 0 Å². The zero-order chi connectivity index (χ0) is 26.2. The van der Waals surface area contributed by atoms with Gasteiger partial charge in [-0.05, 0) is 63.5 Å². The minimum Gasteiger partial charge on any atom is -0.366 e. The highest BCUT2D eigenvalue weighted by atomic mass is 79.9. The predicted octanol–water partition coefficient (Wildman–Crippen LogP) is 5.36. The van der Waals surface area contributed by atoms with Crippen LogP contribution in [0, 0.1) is 0 Å². The summed E-state index contributed by atoms with van der Waals surface area (Å²) < 4.78 is 30.9. The topological polar surface area (TPSA) is 92.5 Å². The maximum Gasteiger partial charge on any atom is 0.243 e. The first-order chi connectivity index (χ1) is 17.6. The summed E-state index contributed by atoms with van der Waals surface area (Å²) in [5, 5.41) is 7.92. The third kappa shape index (κ3) is 5.42. The van der Waals surface area contributed by atoms with Crippen molar-refractivity contribution < 1.29 is 8.42 Å². The monoisotopic (exact) mass is 582 g/mol. The normalized spacial score (nSPS) is 15.8. The highest BCUT2D eigenvalue weighted by molar-refractivity contribution is 9.10. The van der Waals surface area contributed by atoms with Crippen LogP contribution in [0.15, 0.2) is 70.4 Å². The first-order valence-electron chi connectivity index (χ1n) is 12.4. The van der Waals surface area contributed by atoms with Crippen LogP contribution in [0.1, 0.15) is 56.4 Å². The maximum absolute atomic E-state index is 13.3. The fraction of sp³-hybridized carbons (Fsp3) is 0.370. The summed E-state index contributed by atoms with van der Waals surface area (Å²) in [6.45, 7) is 7.88. The van der Waals surface area contributed by atoms with Gasteiger partial charge in [0.1, 0.15) is 5.82 Å². The van der Waals surface area contributed by atoms with Gasteiger partial charge in [0, 0.05) is 49.7 Å². The van der Waals surface area contributed by atoms with Crippen LogP contribution in [0.4, 0.5) is 5.82 Å². The molecule has 10 heteroatoms. The molecule has 0 amide bonds. The third-order valence-electron chi connectivity index (χ3n) is 6.88. The molecule has 194 valence electrons. The lowest BCUT2D eigenvalue weighted by molar-refractivity contribution is 0.317. The molecule has 4 heterocycles. The molecule has 1 fully saturated rings. The fourth-order valence-electron chi connectivity index (χ4n) is 4.65. The van der Waals surface area contributed by atoms with E-state index in [1.54, 1.807) is 33.3 Å². The molecule has 0 atom stereocenters. The molecular weight excluding hydrogens is 552 g/mol. The van der Waals surface area contributed by atoms with Crippen LogP contribution in [0.2, 0.25) is 0 Å². The molecule has 1 N–H and O–H groups in total. The van der Waals surface area contributed by atoms with Gasteiger partial charge < -0.3 is 5.32 Å². The van der Waals surface area contributed by atoms with Crippen molar-refractivity contribution in [2.75, 3.05) is 18.4 Å². The molecule has 5 rings (SSSR count). The van der Waals surface area contributed by atoms with Crippen molar-refractivity contribution in [2.24, 2.45) is 0 Å². The summed E-state index contributed by atoms with van der Waals surface area (Å²) in [7, 11) is -3.54. The largest absolute Gasteiger partial charge is 0.366 e. The van der Waals surface area contributed by atoms with Crippen molar-refractivity contribution >= 4 is 37.4 Å². The number of rotatable bonds is 6. The second-order valence-electron chi connectivity index (χ2n) is 10.5. The van der Waals surface area contributed by atoms with E-state index in [4.69, 9.17) is 4.98 Å². The Morgan fingerprint density at radius 1 is 1.08 bits per heavy atom. The number of hydrogen-bond donors (Lipinski definition) is 1. The lowest BCUT2D eigenvalue weighted by Crippen LogP contribution is -2.38. The molecule has 8 nitrogen and oxygen atoms in total. The van der Waals surface area contributed by atoms with Gasteiger partial charge in [0.05, 0.1) is 15.6 Å². The Labute approximate surface area is 226 Å². The van der Waals surface area contributed by atoms with E-state index in [1.807, 2.05) is 36.5 Å². The average molecular weight is 584 g/mol. The quantitative estimate of drug-likeness (QED) is 0.329. The Morgan fingerprint density at radius 3 is 2.46 bits per heavy atom. The SMILES string of the molecule is CC(C)(C)c1ccc(S(=O)(=O)N2CCC(c3cc(NCc4cccnc4)n4ncc(Br)c4n3)CC2)cc1. The second kappa shape index (κ2) is 10.2. The van der Waals surface area contributed by atoms with E-state index in [0.717, 1.165) is 32.8 Å². The molecular formula is C27H31BrN6O2S. The van der Waals surface area contributed by atoms with Crippen molar-refractivity contribution in [3.63, 3.8) is 0 Å². The van der Waals surface area contributed by atoms with Gasteiger partial charge in [-0.3, -0.25) is 4.98 Å². The average Bonchev–Trinajstić information content (AvgIpc) is 3.28. The van der Waals surface area contributed by atoms with Crippen molar-refractivity contribution in [1.29, 1.82) is 0 Å². The van der Waals surface area contributed by atoms with E-state index in [0.29, 0.717) is 37.4 Å². The van der Waals surface area contributed by atoms with Gasteiger partial charge >= 0.3 is 0 Å². The number of anilines is 1. The number of sulfonamides is 1. The van der Waals surface area contributed by atoms with Gasteiger partial charge in [0.25, 0.3) is 0 Å². The summed E-state index contributed by atoms with van der Waals surface area (Å²) in [5.41, 5.74) is 3.83. The second-order valence-corrected chi connectivity index (χ2v) is 13.3. The molecule has 0 spiro atoms. The van der Waals surface area contributed by atoms with Gasteiger partial charge in [-0.25, -0.2) is 13.4 Å². The molecule has 0 aliphatic carbocycles. The summed E-state index contributed by atoms with van der Waals surface area (Å²) in [6.07, 6.45) is 6.73. The molecule has 3 aromatic heterocycles. The smallest absolute Gasteiger partial charge is 0.243 e. The van der Waals surface area contributed by atoms with E-state index in [-0.39, 0.29) is 11.3 Å². The molecule has 0 radical (unpaired) electrons. The minimum absolute atomic E-state index is 0.0229. The highest BCUT2D eigenvalue weighted by Gasteiger charge is 2.31. The summed E-state index contributed by atoms with van der Waals surface area (Å²) >= 11 is 3.56. The number of halogens is 1. The van der Waals surface area contributed by atoms with Crippen LogP contribution in [-0.2, 0) is 22.0 Å². The van der Waals surface area contributed by atoms with Crippen LogP contribution >= 0.6 is 15.9 Å². The predicted molar refractivity (Wildman–Crippen MR) is 148 cm³/mol. The van der Waals surface area contributed by atoms with Gasteiger partial charge in [0.15, 0.2) is 5.65 Å². The minimum atomic E-state index is -3.54. The van der Waals surface area contributed by atoms with Crippen LogP contribution in [0.5, 0.6) is 0 Å². The van der Waals surface area contributed by atoms with Crippen LogP contribution in [0.25, 0.3) is 5.65 Å². The van der Waals surface area contributed by atoms with Crippen LogP contribution in [-0.4, -0.2) is 45.4 Å². The standard InChI is InChI=1S/C27H31BrN6O2S/c1-27(2,3)21-6-8-22(9-7-21)37(35,36)33-13-10-20(11-14-33)24-15-25(30-17-19-5-4-12-29-16-19)34-26(32-24)23(28)18-31-34/h4-9,12,15-16,18,20,30H,10-11,13-14,17H2,1-3H3. The van der Waals surface area contributed by atoms with Gasteiger partial charge in [-0.1, -0.05) is 39.0 Å². The lowest BCUT2D eigenvalue weighted by Gasteiger charge is -2.31. The number of nitrogens with zero attached hydrogens (tertiary/aromatic N) is 5. The number of nitrogens with one attached hydrogen (secondary N) is 1. The first kappa shape index (κ1) is 25.8. The molecule has 4 aromatic rings. The lowest BCUT2D eigenvalue weighted by atomic mass is 9.87. The molecule has 1 saturated heterocycles. The Morgan fingerprint density at radius 2 is 1.81 bits per heavy atom. The number of fused-ring (bicyclic) bond motifs is 1. The number of benzene rings is 1. The van der Waals surface area contributed by atoms with Gasteiger partial charge in [-0.2, -0.15) is 13.9 Å². The maximum atomic E-state index is 13.3. The Balaban J connectivity index is 1.33. The van der Waals surface area contributed by atoms with E-state index in [1.165, 1.54) is 0 Å². The molecule has 37 heavy (non-hydrogen) atoms. The summed E-state index contributed by atoms with van der Waals surface area (Å²) in [6, 6.07) is 13.3. The van der Waals surface area contributed by atoms with Gasteiger partial charge in [0.2, 0.25) is 10.0 Å². The number of piperidine rings is 1. The first-order valence-corrected chi connectivity index (χ1v) is 14.6. The van der Waals surface area contributed by atoms with E-state index < -0.39 is 10.0 Å². The molecule has 1 aromatic carbocycles. The van der Waals surface area contributed by atoms with Crippen molar-refractivity contribution in [3.8, 4) is 0 Å². The van der Waals surface area contributed by atoms with E-state index >= 15 is 0 Å². The number of pyridine rings is 1. The fourth-order valence-corrected chi connectivity index (χ4v) is 6.47. The third-order valence-corrected chi connectivity index (χ3v) is 9.35. The van der Waals surface area contributed by atoms with E-state index in [9.17, 15) is 8.42 Å². The summed E-state index contributed by atoms with van der Waals surface area (Å²) in [5.74, 6) is 0.990.